The minimum absolute atomic E-state index is 0.297. The number of fused-ring (bicyclic) bond motifs is 11. The van der Waals surface area contributed by atoms with Gasteiger partial charge in [0.15, 0.2) is 4.87 Å². The average molecular weight is 741 g/mol. The lowest BCUT2D eigenvalue weighted by Gasteiger charge is -2.60. The van der Waals surface area contributed by atoms with E-state index in [0.29, 0.717) is 22.5 Å². The van der Waals surface area contributed by atoms with Crippen LogP contribution in [-0.2, 0) is 30.0 Å². The van der Waals surface area contributed by atoms with Gasteiger partial charge in [0.2, 0.25) is 14.6 Å². The molecule has 0 aliphatic carbocycles. The van der Waals surface area contributed by atoms with E-state index in [1.807, 2.05) is 56.3 Å². The third-order valence-electron chi connectivity index (χ3n) is 12.7. The molecule has 8 fully saturated rings. The largest absolute Gasteiger partial charge is 0.392 e. The number of anilines is 2. The standard InChI is InChI=1S/C32H32N6O7S4/c1-14(2)30-26(45)38-22-29(16-10-6-8-12-18(16)34-22,20(41)32(38,49-47-30)25(44)36(30)4)28-15-9-5-7-11-17(15)33-21(28)37-23(42)27(13-39)35(3)24(43)31(37,19(28)40)48-46-27/h5-12,14,19-22,33-34,39-41H,13H2,1-4H3/t19-,20-,21-,22+,27?,28-,29+,30-,31-,32-/m0/s1. The van der Waals surface area contributed by atoms with E-state index in [4.69, 9.17) is 0 Å². The normalized spacial score (nSPS) is 45.0. The quantitative estimate of drug-likeness (QED) is 0.283. The molecule has 256 valence electrons. The zero-order chi connectivity index (χ0) is 34.4. The van der Waals surface area contributed by atoms with Crippen molar-refractivity contribution in [2.45, 2.75) is 68.7 Å². The van der Waals surface area contributed by atoms with E-state index in [9.17, 15) is 29.7 Å². The first-order chi connectivity index (χ1) is 23.3. The van der Waals surface area contributed by atoms with Crippen molar-refractivity contribution in [1.29, 1.82) is 0 Å². The second-order valence-electron chi connectivity index (χ2n) is 14.3. The van der Waals surface area contributed by atoms with Crippen molar-refractivity contribution in [3.63, 3.8) is 0 Å². The Morgan fingerprint density at radius 2 is 1.16 bits per heavy atom. The number of aliphatic hydroxyl groups is 3. The molecule has 12 rings (SSSR count). The summed E-state index contributed by atoms with van der Waals surface area (Å²) < 4.78 is 0. The number of hydrogen-bond acceptors (Lipinski definition) is 13. The molecule has 10 atom stereocenters. The number of carbonyl (C=O) groups is 4. The van der Waals surface area contributed by atoms with Gasteiger partial charge in [0.05, 0.1) is 17.4 Å². The number of nitrogens with zero attached hydrogens (tertiary/aromatic N) is 4. The summed E-state index contributed by atoms with van der Waals surface area (Å²) >= 11 is 0. The molecule has 10 aliphatic heterocycles. The fraction of sp³-hybridized carbons (Fsp3) is 0.500. The van der Waals surface area contributed by atoms with Crippen molar-refractivity contribution in [3.8, 4) is 0 Å². The molecule has 10 aliphatic rings. The van der Waals surface area contributed by atoms with Crippen molar-refractivity contribution in [3.05, 3.63) is 59.7 Å². The molecule has 2 aromatic rings. The van der Waals surface area contributed by atoms with Crippen LogP contribution in [-0.4, -0.2) is 123 Å². The zero-order valence-electron chi connectivity index (χ0n) is 26.6. The lowest BCUT2D eigenvalue weighted by atomic mass is 9.52. The Hall–Kier alpha value is -2.80. The number of nitrogens with one attached hydrogen (secondary N) is 2. The summed E-state index contributed by atoms with van der Waals surface area (Å²) in [7, 11) is 7.57. The Kier molecular flexibility index (Phi) is 5.67. The van der Waals surface area contributed by atoms with Gasteiger partial charge in [-0.1, -0.05) is 61.0 Å². The van der Waals surface area contributed by atoms with Gasteiger partial charge in [-0.05, 0) is 61.6 Å². The van der Waals surface area contributed by atoms with Crippen LogP contribution in [0.4, 0.5) is 11.4 Å². The summed E-state index contributed by atoms with van der Waals surface area (Å²) in [6, 6.07) is 14.6. The van der Waals surface area contributed by atoms with E-state index in [1.54, 1.807) is 13.1 Å². The molecule has 2 spiro atoms. The highest BCUT2D eigenvalue weighted by atomic mass is 33.1. The van der Waals surface area contributed by atoms with E-state index >= 15 is 4.79 Å². The van der Waals surface area contributed by atoms with E-state index < -0.39 is 79.2 Å². The number of piperazine rings is 2. The third-order valence-corrected chi connectivity index (χ3v) is 20.2. The van der Waals surface area contributed by atoms with E-state index in [1.165, 1.54) is 48.2 Å². The van der Waals surface area contributed by atoms with Crippen molar-refractivity contribution in [2.75, 3.05) is 31.3 Å². The Bertz CT molecular complexity index is 1980. The van der Waals surface area contributed by atoms with Crippen LogP contribution in [0.5, 0.6) is 0 Å². The van der Waals surface area contributed by atoms with Gasteiger partial charge in [0.25, 0.3) is 23.6 Å². The van der Waals surface area contributed by atoms with Gasteiger partial charge >= 0.3 is 0 Å². The molecule has 10 heterocycles. The first kappa shape index (κ1) is 31.0. The molecule has 0 radical (unpaired) electrons. The van der Waals surface area contributed by atoms with Gasteiger partial charge in [-0.3, -0.25) is 29.0 Å². The molecule has 4 amide bonds. The molecule has 5 N–H and O–H groups in total. The number of aliphatic hydroxyl groups excluding tert-OH is 3. The SMILES string of the molecule is CC(C)[C@@]12SS[C@]3(C(=O)N1C)[C@@H](O)[C@]1([C@]45c6ccccc6N[C@H]4N4C(=O)C6(CO)SS[C@]4(C(=O)N6C)[C@H]5O)c4ccccc4N[C@@H]1N3C2=O. The van der Waals surface area contributed by atoms with Crippen LogP contribution in [0.15, 0.2) is 48.5 Å². The van der Waals surface area contributed by atoms with Crippen LogP contribution >= 0.6 is 43.2 Å². The summed E-state index contributed by atoms with van der Waals surface area (Å²) in [4.78, 5) is 58.4. The predicted octanol–water partition coefficient (Wildman–Crippen LogP) is 0.939. The second kappa shape index (κ2) is 8.97. The van der Waals surface area contributed by atoms with Crippen LogP contribution in [0.3, 0.4) is 0 Å². The Labute approximate surface area is 296 Å². The number of benzene rings is 2. The van der Waals surface area contributed by atoms with Gasteiger partial charge in [-0.15, -0.1) is 0 Å². The van der Waals surface area contributed by atoms with Crippen LogP contribution < -0.4 is 10.6 Å². The highest BCUT2D eigenvalue weighted by Crippen LogP contribution is 2.78. The highest BCUT2D eigenvalue weighted by Gasteiger charge is 2.93. The summed E-state index contributed by atoms with van der Waals surface area (Å²) in [5, 5.41) is 44.5. The number of para-hydroxylation sites is 2. The van der Waals surface area contributed by atoms with E-state index in [-0.39, 0.29) is 11.8 Å². The summed E-state index contributed by atoms with van der Waals surface area (Å²) in [5.74, 6) is -2.18. The lowest BCUT2D eigenvalue weighted by molar-refractivity contribution is -0.169. The Morgan fingerprint density at radius 3 is 1.67 bits per heavy atom. The average Bonchev–Trinajstić information content (AvgIpc) is 3.75. The van der Waals surface area contributed by atoms with E-state index in [2.05, 4.69) is 10.6 Å². The molecule has 49 heavy (non-hydrogen) atoms. The number of hydrogen-bond donors (Lipinski definition) is 5. The fourth-order valence-electron chi connectivity index (χ4n) is 10.5. The molecule has 0 aromatic heterocycles. The fourth-order valence-corrected chi connectivity index (χ4v) is 18.4. The number of likely N-dealkylation sites (N-methyl/N-ethyl adjacent to an activating group) is 2. The first-order valence-corrected chi connectivity index (χ1v) is 20.3. The topological polar surface area (TPSA) is 166 Å². The monoisotopic (exact) mass is 740 g/mol. The first-order valence-electron chi connectivity index (χ1n) is 16.0. The van der Waals surface area contributed by atoms with Crippen LogP contribution in [0, 0.1) is 5.92 Å². The predicted molar refractivity (Wildman–Crippen MR) is 186 cm³/mol. The minimum atomic E-state index is -1.87. The molecular weight excluding hydrogens is 709 g/mol. The zero-order valence-corrected chi connectivity index (χ0v) is 29.9. The summed E-state index contributed by atoms with van der Waals surface area (Å²) in [6.45, 7) is 3.13. The van der Waals surface area contributed by atoms with Crippen molar-refractivity contribution >= 4 is 78.2 Å². The van der Waals surface area contributed by atoms with Crippen LogP contribution in [0.1, 0.15) is 25.0 Å². The van der Waals surface area contributed by atoms with Crippen LogP contribution in [0.25, 0.3) is 0 Å². The smallest absolute Gasteiger partial charge is 0.265 e. The van der Waals surface area contributed by atoms with Crippen molar-refractivity contribution in [1.82, 2.24) is 19.6 Å². The van der Waals surface area contributed by atoms with E-state index in [0.717, 1.165) is 21.6 Å². The summed E-state index contributed by atoms with van der Waals surface area (Å²) in [5.41, 5.74) is -1.13. The maximum Gasteiger partial charge on any atom is 0.265 e. The maximum absolute atomic E-state index is 15.1. The lowest BCUT2D eigenvalue weighted by Crippen LogP contribution is -2.79. The molecule has 0 saturated carbocycles. The second-order valence-corrected chi connectivity index (χ2v) is 19.5. The van der Waals surface area contributed by atoms with Crippen molar-refractivity contribution in [2.24, 2.45) is 5.92 Å². The molecular formula is C32H32N6O7S4. The van der Waals surface area contributed by atoms with Crippen LogP contribution in [0.2, 0.25) is 0 Å². The minimum Gasteiger partial charge on any atom is -0.392 e. The third kappa shape index (κ3) is 2.63. The molecule has 4 bridgehead atoms. The highest BCUT2D eigenvalue weighted by molar-refractivity contribution is 8.78. The molecule has 17 heteroatoms. The van der Waals surface area contributed by atoms with Gasteiger partial charge in [-0.2, -0.15) is 0 Å². The molecule has 1 unspecified atom stereocenters. The van der Waals surface area contributed by atoms with Gasteiger partial charge in [0, 0.05) is 25.5 Å². The number of carbonyl (C=O) groups excluding carboxylic acids is 4. The van der Waals surface area contributed by atoms with Gasteiger partial charge in [0.1, 0.15) is 24.5 Å². The molecule has 8 saturated heterocycles. The molecule has 13 nitrogen and oxygen atoms in total. The molecule has 2 aromatic carbocycles. The maximum atomic E-state index is 15.1. The van der Waals surface area contributed by atoms with Gasteiger partial charge in [-0.25, -0.2) is 0 Å². The number of rotatable bonds is 3. The summed E-state index contributed by atoms with van der Waals surface area (Å²) in [6.07, 6.45) is -5.53. The Balaban J connectivity index is 1.34. The van der Waals surface area contributed by atoms with Gasteiger partial charge < -0.3 is 35.8 Å². The van der Waals surface area contributed by atoms with Crippen molar-refractivity contribution < 1.29 is 34.5 Å². The number of amides is 4. The Morgan fingerprint density at radius 1 is 0.694 bits per heavy atom.